The second-order valence-corrected chi connectivity index (χ2v) is 5.27. The molecule has 1 aromatic carbocycles. The number of fused-ring (bicyclic) bond motifs is 1. The predicted molar refractivity (Wildman–Crippen MR) is 80.1 cm³/mol. The van der Waals surface area contributed by atoms with Crippen LogP contribution in [0.15, 0.2) is 30.5 Å². The summed E-state index contributed by atoms with van der Waals surface area (Å²) in [5.74, 6) is 0.342. The molecule has 1 aromatic heterocycles. The Bertz CT molecular complexity index is 713. The van der Waals surface area contributed by atoms with Crippen molar-refractivity contribution in [2.75, 3.05) is 6.54 Å². The van der Waals surface area contributed by atoms with E-state index in [4.69, 9.17) is 16.2 Å². The molecule has 1 aliphatic heterocycles. The second kappa shape index (κ2) is 5.18. The van der Waals surface area contributed by atoms with Crippen LogP contribution in [0.1, 0.15) is 21.5 Å². The zero-order valence-corrected chi connectivity index (χ0v) is 11.8. The summed E-state index contributed by atoms with van der Waals surface area (Å²) in [5, 5.41) is 0. The monoisotopic (exact) mass is 283 g/mol. The first-order valence-corrected chi connectivity index (χ1v) is 6.85. The molecule has 21 heavy (non-hydrogen) atoms. The van der Waals surface area contributed by atoms with Crippen LogP contribution in [0.4, 0.5) is 0 Å². The molecule has 0 aliphatic carbocycles. The van der Waals surface area contributed by atoms with Crippen LogP contribution in [0.25, 0.3) is 11.3 Å². The van der Waals surface area contributed by atoms with Gasteiger partial charge in [0, 0.05) is 30.3 Å². The summed E-state index contributed by atoms with van der Waals surface area (Å²) < 4.78 is 5.92. The molecule has 1 amide bonds. The van der Waals surface area contributed by atoms with Crippen LogP contribution < -0.4 is 16.2 Å². The number of nitrogens with zero attached hydrogens (tertiary/aromatic N) is 1. The third kappa shape index (κ3) is 2.48. The number of hydrogen-bond donors (Lipinski definition) is 2. The SMILES string of the molecule is Cc1cc2c(c(-c3cc(C(N)=O)ccn3)c1)OC(CN)C2. The molecule has 1 atom stereocenters. The fourth-order valence-corrected chi connectivity index (χ4v) is 2.65. The Morgan fingerprint density at radius 3 is 2.95 bits per heavy atom. The minimum atomic E-state index is -0.469. The van der Waals surface area contributed by atoms with Crippen molar-refractivity contribution in [2.45, 2.75) is 19.4 Å². The highest BCUT2D eigenvalue weighted by molar-refractivity contribution is 5.94. The number of primary amides is 1. The summed E-state index contributed by atoms with van der Waals surface area (Å²) in [6.45, 7) is 2.50. The van der Waals surface area contributed by atoms with Crippen molar-refractivity contribution in [2.24, 2.45) is 11.5 Å². The van der Waals surface area contributed by atoms with Crippen LogP contribution >= 0.6 is 0 Å². The van der Waals surface area contributed by atoms with E-state index in [1.54, 1.807) is 18.3 Å². The minimum absolute atomic E-state index is 0.000118. The van der Waals surface area contributed by atoms with Gasteiger partial charge in [0.25, 0.3) is 0 Å². The number of rotatable bonds is 3. The number of hydrogen-bond acceptors (Lipinski definition) is 4. The maximum Gasteiger partial charge on any atom is 0.248 e. The summed E-state index contributed by atoms with van der Waals surface area (Å²) >= 11 is 0. The largest absolute Gasteiger partial charge is 0.488 e. The van der Waals surface area contributed by atoms with Crippen molar-refractivity contribution in [1.29, 1.82) is 0 Å². The van der Waals surface area contributed by atoms with E-state index in [1.807, 2.05) is 13.0 Å². The van der Waals surface area contributed by atoms with E-state index < -0.39 is 5.91 Å². The smallest absolute Gasteiger partial charge is 0.248 e. The molecule has 2 aromatic rings. The van der Waals surface area contributed by atoms with Gasteiger partial charge in [-0.1, -0.05) is 6.07 Å². The van der Waals surface area contributed by atoms with E-state index in [0.717, 1.165) is 28.9 Å². The maximum atomic E-state index is 11.3. The van der Waals surface area contributed by atoms with Crippen molar-refractivity contribution in [3.63, 3.8) is 0 Å². The van der Waals surface area contributed by atoms with Crippen LogP contribution in [-0.4, -0.2) is 23.5 Å². The first-order chi connectivity index (χ1) is 10.1. The van der Waals surface area contributed by atoms with Gasteiger partial charge in [-0.05, 0) is 36.2 Å². The molecule has 2 heterocycles. The van der Waals surface area contributed by atoms with E-state index >= 15 is 0 Å². The molecule has 4 N–H and O–H groups in total. The van der Waals surface area contributed by atoms with E-state index in [0.29, 0.717) is 17.8 Å². The van der Waals surface area contributed by atoms with Gasteiger partial charge in [0.05, 0.1) is 5.69 Å². The molecule has 3 rings (SSSR count). The van der Waals surface area contributed by atoms with Crippen molar-refractivity contribution in [1.82, 2.24) is 4.98 Å². The number of ether oxygens (including phenoxy) is 1. The van der Waals surface area contributed by atoms with Crippen molar-refractivity contribution in [3.05, 3.63) is 47.2 Å². The molecule has 0 radical (unpaired) electrons. The van der Waals surface area contributed by atoms with Crippen LogP contribution in [-0.2, 0) is 6.42 Å². The predicted octanol–water partition coefficient (Wildman–Crippen LogP) is 1.42. The van der Waals surface area contributed by atoms with Gasteiger partial charge in [0.15, 0.2) is 0 Å². The van der Waals surface area contributed by atoms with Gasteiger partial charge in [-0.2, -0.15) is 0 Å². The molecule has 0 bridgehead atoms. The summed E-state index contributed by atoms with van der Waals surface area (Å²) in [6.07, 6.45) is 2.38. The average Bonchev–Trinajstić information content (AvgIpc) is 2.89. The van der Waals surface area contributed by atoms with Gasteiger partial charge in [-0.15, -0.1) is 0 Å². The van der Waals surface area contributed by atoms with E-state index in [1.165, 1.54) is 0 Å². The molecule has 5 heteroatoms. The number of nitrogens with two attached hydrogens (primary N) is 2. The highest BCUT2D eigenvalue weighted by Crippen LogP contribution is 2.39. The lowest BCUT2D eigenvalue weighted by Crippen LogP contribution is -2.24. The third-order valence-corrected chi connectivity index (χ3v) is 3.63. The van der Waals surface area contributed by atoms with Crippen LogP contribution in [0.2, 0.25) is 0 Å². The zero-order valence-electron chi connectivity index (χ0n) is 11.8. The molecule has 5 nitrogen and oxygen atoms in total. The van der Waals surface area contributed by atoms with Crippen molar-refractivity contribution in [3.8, 4) is 17.0 Å². The Morgan fingerprint density at radius 2 is 2.24 bits per heavy atom. The van der Waals surface area contributed by atoms with Crippen LogP contribution in [0.3, 0.4) is 0 Å². The lowest BCUT2D eigenvalue weighted by Gasteiger charge is -2.11. The summed E-state index contributed by atoms with van der Waals surface area (Å²) in [6, 6.07) is 7.40. The summed E-state index contributed by atoms with van der Waals surface area (Å²) in [7, 11) is 0. The molecule has 0 saturated heterocycles. The van der Waals surface area contributed by atoms with Gasteiger partial charge in [0.1, 0.15) is 11.9 Å². The minimum Gasteiger partial charge on any atom is -0.488 e. The number of carbonyl (C=O) groups excluding carboxylic acids is 1. The highest BCUT2D eigenvalue weighted by Gasteiger charge is 2.25. The highest BCUT2D eigenvalue weighted by atomic mass is 16.5. The lowest BCUT2D eigenvalue weighted by molar-refractivity contribution is 0.1000. The van der Waals surface area contributed by atoms with Gasteiger partial charge in [-0.25, -0.2) is 0 Å². The Balaban J connectivity index is 2.12. The number of carbonyl (C=O) groups is 1. The van der Waals surface area contributed by atoms with Gasteiger partial charge >= 0.3 is 0 Å². The Labute approximate surface area is 122 Å². The fraction of sp³-hybridized carbons (Fsp3) is 0.250. The van der Waals surface area contributed by atoms with Crippen molar-refractivity contribution >= 4 is 5.91 Å². The maximum absolute atomic E-state index is 11.3. The van der Waals surface area contributed by atoms with Gasteiger partial charge in [0.2, 0.25) is 5.91 Å². The summed E-state index contributed by atoms with van der Waals surface area (Å²) in [4.78, 5) is 15.7. The Kier molecular flexibility index (Phi) is 3.35. The topological polar surface area (TPSA) is 91.2 Å². The number of amides is 1. The average molecular weight is 283 g/mol. The fourth-order valence-electron chi connectivity index (χ4n) is 2.65. The molecular formula is C16H17N3O2. The van der Waals surface area contributed by atoms with Crippen LogP contribution in [0, 0.1) is 6.92 Å². The first kappa shape index (κ1) is 13.6. The molecule has 0 spiro atoms. The zero-order chi connectivity index (χ0) is 15.0. The van der Waals surface area contributed by atoms with Gasteiger partial charge < -0.3 is 16.2 Å². The number of benzene rings is 1. The second-order valence-electron chi connectivity index (χ2n) is 5.27. The Hall–Kier alpha value is -2.40. The van der Waals surface area contributed by atoms with E-state index in [2.05, 4.69) is 11.1 Å². The van der Waals surface area contributed by atoms with Crippen LogP contribution in [0.5, 0.6) is 5.75 Å². The molecule has 0 fully saturated rings. The van der Waals surface area contributed by atoms with Gasteiger partial charge in [-0.3, -0.25) is 9.78 Å². The van der Waals surface area contributed by atoms with E-state index in [-0.39, 0.29) is 6.10 Å². The first-order valence-electron chi connectivity index (χ1n) is 6.85. The normalized spacial score (nSPS) is 16.4. The molecule has 108 valence electrons. The Morgan fingerprint density at radius 1 is 1.43 bits per heavy atom. The quantitative estimate of drug-likeness (QED) is 0.891. The lowest BCUT2D eigenvalue weighted by atomic mass is 10.00. The standard InChI is InChI=1S/C16H17N3O2/c1-9-4-11-6-12(8-17)21-15(11)13(5-9)14-7-10(16(18)20)2-3-19-14/h2-5,7,12H,6,8,17H2,1H3,(H2,18,20). The summed E-state index contributed by atoms with van der Waals surface area (Å²) in [5.41, 5.74) is 15.3. The van der Waals surface area contributed by atoms with Crippen molar-refractivity contribution < 1.29 is 9.53 Å². The molecule has 0 saturated carbocycles. The molecule has 1 aliphatic rings. The molecule has 1 unspecified atom stereocenters. The molecular weight excluding hydrogens is 266 g/mol. The number of aryl methyl sites for hydroxylation is 1. The third-order valence-electron chi connectivity index (χ3n) is 3.63. The number of aromatic nitrogens is 1. The van der Waals surface area contributed by atoms with E-state index in [9.17, 15) is 4.79 Å². The number of pyridine rings is 1.